The molecule has 0 aliphatic carbocycles. The molecule has 4 nitrogen and oxygen atoms in total. The molecule has 100 valence electrons. The molecule has 0 spiro atoms. The summed E-state index contributed by atoms with van der Waals surface area (Å²) in [7, 11) is 0. The Hall–Kier alpha value is -2.40. The molecule has 3 rings (SSSR count). The molecule has 2 heterocycles. The average Bonchev–Trinajstić information content (AvgIpc) is 2.82. The van der Waals surface area contributed by atoms with Crippen molar-refractivity contribution in [2.24, 2.45) is 0 Å². The van der Waals surface area contributed by atoms with Gasteiger partial charge in [-0.05, 0) is 24.3 Å². The highest BCUT2D eigenvalue weighted by Crippen LogP contribution is 2.40. The Morgan fingerprint density at radius 3 is 2.65 bits per heavy atom. The molecule has 0 unspecified atom stereocenters. The van der Waals surface area contributed by atoms with E-state index in [1.54, 1.807) is 30.5 Å². The summed E-state index contributed by atoms with van der Waals surface area (Å²) in [5.74, 6) is -0.141. The van der Waals surface area contributed by atoms with Crippen LogP contribution in [0.3, 0.4) is 0 Å². The third-order valence-corrected chi connectivity index (χ3v) is 3.14. The Morgan fingerprint density at radius 1 is 1.10 bits per heavy atom. The lowest BCUT2D eigenvalue weighted by molar-refractivity contribution is 0.435. The maximum absolute atomic E-state index is 14.1. The van der Waals surface area contributed by atoms with Gasteiger partial charge in [-0.2, -0.15) is 0 Å². The van der Waals surface area contributed by atoms with Gasteiger partial charge in [0.15, 0.2) is 11.6 Å². The first kappa shape index (κ1) is 12.6. The summed E-state index contributed by atoms with van der Waals surface area (Å²) in [5.41, 5.74) is 6.77. The summed E-state index contributed by atoms with van der Waals surface area (Å²) in [6, 6.07) is 9.67. The van der Waals surface area contributed by atoms with Crippen molar-refractivity contribution in [3.05, 3.63) is 53.4 Å². The van der Waals surface area contributed by atoms with Crippen LogP contribution in [0, 0.1) is 5.82 Å². The van der Waals surface area contributed by atoms with Crippen molar-refractivity contribution in [1.82, 2.24) is 10.1 Å². The fourth-order valence-corrected chi connectivity index (χ4v) is 2.21. The number of rotatable bonds is 2. The molecular formula is C14H9ClFN3O. The van der Waals surface area contributed by atoms with Crippen LogP contribution >= 0.6 is 11.6 Å². The first-order valence-electron chi connectivity index (χ1n) is 5.79. The molecular weight excluding hydrogens is 281 g/mol. The normalized spacial score (nSPS) is 10.7. The van der Waals surface area contributed by atoms with E-state index in [0.717, 1.165) is 0 Å². The fourth-order valence-electron chi connectivity index (χ4n) is 1.95. The Balaban J connectivity index is 2.28. The maximum Gasteiger partial charge on any atom is 0.195 e. The second-order valence-corrected chi connectivity index (χ2v) is 4.49. The minimum atomic E-state index is -0.496. The van der Waals surface area contributed by atoms with E-state index < -0.39 is 5.82 Å². The fraction of sp³-hybridized carbons (Fsp3) is 0. The van der Waals surface area contributed by atoms with Crippen molar-refractivity contribution in [2.45, 2.75) is 0 Å². The molecule has 0 saturated heterocycles. The number of hydrogen-bond acceptors (Lipinski definition) is 4. The first-order valence-corrected chi connectivity index (χ1v) is 6.17. The first-order chi connectivity index (χ1) is 9.68. The summed E-state index contributed by atoms with van der Waals surface area (Å²) >= 11 is 6.07. The van der Waals surface area contributed by atoms with Crippen molar-refractivity contribution in [3.8, 4) is 22.6 Å². The highest BCUT2D eigenvalue weighted by Gasteiger charge is 2.23. The Kier molecular flexibility index (Phi) is 3.12. The van der Waals surface area contributed by atoms with Gasteiger partial charge in [0.2, 0.25) is 0 Å². The monoisotopic (exact) mass is 289 g/mol. The van der Waals surface area contributed by atoms with Crippen LogP contribution in [0.25, 0.3) is 22.6 Å². The number of benzene rings is 1. The lowest BCUT2D eigenvalue weighted by Crippen LogP contribution is -1.93. The Morgan fingerprint density at radius 2 is 1.95 bits per heavy atom. The van der Waals surface area contributed by atoms with E-state index in [1.165, 1.54) is 12.1 Å². The molecule has 0 radical (unpaired) electrons. The summed E-state index contributed by atoms with van der Waals surface area (Å²) in [6.07, 6.45) is 1.60. The van der Waals surface area contributed by atoms with Gasteiger partial charge in [0, 0.05) is 11.8 Å². The molecule has 6 heteroatoms. The molecule has 0 saturated carbocycles. The predicted molar refractivity (Wildman–Crippen MR) is 74.6 cm³/mol. The average molecular weight is 290 g/mol. The van der Waals surface area contributed by atoms with Crippen LogP contribution in [-0.4, -0.2) is 10.1 Å². The number of nitrogens with zero attached hydrogens (tertiary/aromatic N) is 2. The zero-order valence-corrected chi connectivity index (χ0v) is 10.9. The van der Waals surface area contributed by atoms with E-state index in [0.29, 0.717) is 11.3 Å². The molecule has 0 bridgehead atoms. The van der Waals surface area contributed by atoms with E-state index in [9.17, 15) is 4.39 Å². The lowest BCUT2D eigenvalue weighted by Gasteiger charge is -2.06. The van der Waals surface area contributed by atoms with Gasteiger partial charge in [0.05, 0.1) is 10.6 Å². The van der Waals surface area contributed by atoms with Gasteiger partial charge in [-0.15, -0.1) is 0 Å². The Bertz CT molecular complexity index is 738. The number of aromatic nitrogens is 2. The lowest BCUT2D eigenvalue weighted by atomic mass is 10.0. The van der Waals surface area contributed by atoms with Crippen LogP contribution in [0.4, 0.5) is 10.2 Å². The van der Waals surface area contributed by atoms with E-state index in [-0.39, 0.29) is 22.2 Å². The highest BCUT2D eigenvalue weighted by molar-refractivity contribution is 6.33. The van der Waals surface area contributed by atoms with E-state index in [1.807, 2.05) is 0 Å². The largest absolute Gasteiger partial charge is 0.380 e. The molecule has 3 aromatic rings. The topological polar surface area (TPSA) is 64.9 Å². The SMILES string of the molecule is Nc1noc(-c2ccccn2)c1-c1c(F)cccc1Cl. The number of nitrogen functional groups attached to an aromatic ring is 1. The van der Waals surface area contributed by atoms with Crippen molar-refractivity contribution >= 4 is 17.4 Å². The van der Waals surface area contributed by atoms with Gasteiger partial charge >= 0.3 is 0 Å². The van der Waals surface area contributed by atoms with Gasteiger partial charge in [-0.3, -0.25) is 4.98 Å². The van der Waals surface area contributed by atoms with Gasteiger partial charge in [-0.1, -0.05) is 28.9 Å². The molecule has 0 atom stereocenters. The smallest absolute Gasteiger partial charge is 0.195 e. The van der Waals surface area contributed by atoms with Gasteiger partial charge < -0.3 is 10.3 Å². The third kappa shape index (κ3) is 2.02. The number of hydrogen-bond donors (Lipinski definition) is 1. The Labute approximate surface area is 119 Å². The van der Waals surface area contributed by atoms with Crippen molar-refractivity contribution in [1.29, 1.82) is 0 Å². The summed E-state index contributed by atoms with van der Waals surface area (Å²) in [4.78, 5) is 4.15. The van der Waals surface area contributed by atoms with E-state index in [2.05, 4.69) is 10.1 Å². The van der Waals surface area contributed by atoms with Crippen LogP contribution in [0.15, 0.2) is 47.1 Å². The predicted octanol–water partition coefficient (Wildman–Crippen LogP) is 3.78. The minimum absolute atomic E-state index is 0.0673. The molecule has 2 N–H and O–H groups in total. The standard InChI is InChI=1S/C14H9ClFN3O/c15-8-4-3-5-9(16)11(8)12-13(20-19-14(12)17)10-6-1-2-7-18-10/h1-7H,(H2,17,19). The van der Waals surface area contributed by atoms with Crippen LogP contribution in [0.5, 0.6) is 0 Å². The number of pyridine rings is 1. The molecule has 2 aromatic heterocycles. The van der Waals surface area contributed by atoms with Gasteiger partial charge in [-0.25, -0.2) is 4.39 Å². The molecule has 0 fully saturated rings. The van der Waals surface area contributed by atoms with Crippen molar-refractivity contribution in [3.63, 3.8) is 0 Å². The van der Waals surface area contributed by atoms with Crippen LogP contribution in [0.2, 0.25) is 5.02 Å². The number of halogens is 2. The molecule has 0 aliphatic heterocycles. The second kappa shape index (κ2) is 4.94. The molecule has 1 aromatic carbocycles. The van der Waals surface area contributed by atoms with E-state index in [4.69, 9.17) is 21.9 Å². The van der Waals surface area contributed by atoms with Crippen LogP contribution in [0.1, 0.15) is 0 Å². The number of nitrogens with two attached hydrogens (primary N) is 1. The highest BCUT2D eigenvalue weighted by atomic mass is 35.5. The van der Waals surface area contributed by atoms with Crippen LogP contribution < -0.4 is 5.73 Å². The summed E-state index contributed by atoms with van der Waals surface area (Å²) in [6.45, 7) is 0. The van der Waals surface area contributed by atoms with E-state index >= 15 is 0 Å². The molecule has 0 aliphatic rings. The maximum atomic E-state index is 14.1. The molecule has 0 amide bonds. The summed E-state index contributed by atoms with van der Waals surface area (Å²) in [5, 5.41) is 3.92. The van der Waals surface area contributed by atoms with Crippen LogP contribution in [-0.2, 0) is 0 Å². The van der Waals surface area contributed by atoms with Crippen molar-refractivity contribution < 1.29 is 8.91 Å². The molecule has 20 heavy (non-hydrogen) atoms. The third-order valence-electron chi connectivity index (χ3n) is 2.83. The van der Waals surface area contributed by atoms with Gasteiger partial charge in [0.25, 0.3) is 0 Å². The summed E-state index contributed by atoms with van der Waals surface area (Å²) < 4.78 is 19.2. The quantitative estimate of drug-likeness (QED) is 0.780. The number of anilines is 1. The zero-order valence-electron chi connectivity index (χ0n) is 10.2. The second-order valence-electron chi connectivity index (χ2n) is 4.08. The van der Waals surface area contributed by atoms with Crippen molar-refractivity contribution in [2.75, 3.05) is 5.73 Å². The minimum Gasteiger partial charge on any atom is -0.380 e. The van der Waals surface area contributed by atoms with Gasteiger partial charge in [0.1, 0.15) is 11.5 Å². The zero-order chi connectivity index (χ0) is 14.1.